The molecule has 7 nitrogen and oxygen atoms in total. The summed E-state index contributed by atoms with van der Waals surface area (Å²) in [6.45, 7) is 7.14. The Balaban J connectivity index is 1.50. The number of carbonyl (C=O) groups excluding carboxylic acids is 2. The summed E-state index contributed by atoms with van der Waals surface area (Å²) in [5.74, 6) is -1.53. The Hall–Kier alpha value is -4.25. The van der Waals surface area contributed by atoms with Crippen LogP contribution in [-0.2, 0) is 9.53 Å². The zero-order valence-electron chi connectivity index (χ0n) is 26.3. The molecular formula is C36H33BrF3N3O4. The van der Waals surface area contributed by atoms with Gasteiger partial charge in [0.2, 0.25) is 5.88 Å². The maximum absolute atomic E-state index is 14.6. The number of halogens is 4. The van der Waals surface area contributed by atoms with Crippen molar-refractivity contribution >= 4 is 44.3 Å². The van der Waals surface area contributed by atoms with Gasteiger partial charge in [-0.25, -0.2) is 9.97 Å². The SMILES string of the molecule is Cc1c(-c2ccccc2)nc2ccc(Br)cc2c1C(=O)NC12CCC(C(=O)OC(C)(C)C)(C=C1c1cccnc1OC(F)(F)F)CC2. The van der Waals surface area contributed by atoms with Crippen LogP contribution in [0, 0.1) is 12.3 Å². The molecule has 11 heteroatoms. The van der Waals surface area contributed by atoms with Gasteiger partial charge in [-0.3, -0.25) is 9.59 Å². The van der Waals surface area contributed by atoms with E-state index in [4.69, 9.17) is 9.72 Å². The molecule has 0 radical (unpaired) electrons. The summed E-state index contributed by atoms with van der Waals surface area (Å²) in [5.41, 5.74) is 0.523. The van der Waals surface area contributed by atoms with Crippen LogP contribution in [0.3, 0.4) is 0 Å². The molecule has 0 saturated heterocycles. The Kier molecular flexibility index (Phi) is 8.18. The third kappa shape index (κ3) is 6.37. The molecule has 47 heavy (non-hydrogen) atoms. The smallest absolute Gasteiger partial charge is 0.459 e. The van der Waals surface area contributed by atoms with Crippen LogP contribution in [-0.4, -0.2) is 39.3 Å². The maximum Gasteiger partial charge on any atom is 0.574 e. The topological polar surface area (TPSA) is 90.4 Å². The van der Waals surface area contributed by atoms with Gasteiger partial charge in [0.25, 0.3) is 5.91 Å². The lowest BCUT2D eigenvalue weighted by Gasteiger charge is -2.51. The molecule has 0 spiro atoms. The Labute approximate surface area is 278 Å². The number of amides is 1. The third-order valence-electron chi connectivity index (χ3n) is 8.83. The molecule has 1 fully saturated rings. The summed E-state index contributed by atoms with van der Waals surface area (Å²) >= 11 is 3.52. The van der Waals surface area contributed by atoms with Crippen molar-refractivity contribution in [3.63, 3.8) is 0 Å². The van der Waals surface area contributed by atoms with Crippen molar-refractivity contribution < 1.29 is 32.2 Å². The van der Waals surface area contributed by atoms with Crippen LogP contribution in [0.25, 0.3) is 27.7 Å². The number of carbonyl (C=O) groups is 2. The Bertz CT molecular complexity index is 1910. The number of pyridine rings is 2. The van der Waals surface area contributed by atoms with Gasteiger partial charge in [0.1, 0.15) is 5.60 Å². The van der Waals surface area contributed by atoms with Crippen LogP contribution in [0.5, 0.6) is 5.88 Å². The molecule has 244 valence electrons. The average molecular weight is 709 g/mol. The van der Waals surface area contributed by atoms with E-state index in [0.717, 1.165) is 10.0 Å². The molecule has 2 aromatic carbocycles. The summed E-state index contributed by atoms with van der Waals surface area (Å²) < 4.78 is 51.6. The minimum Gasteiger partial charge on any atom is -0.459 e. The van der Waals surface area contributed by atoms with Crippen LogP contribution >= 0.6 is 15.9 Å². The van der Waals surface area contributed by atoms with E-state index in [2.05, 4.69) is 31.0 Å². The van der Waals surface area contributed by atoms with Gasteiger partial charge in [-0.2, -0.15) is 0 Å². The molecule has 1 amide bonds. The number of aromatic nitrogens is 2. The predicted molar refractivity (Wildman–Crippen MR) is 175 cm³/mol. The molecule has 1 saturated carbocycles. The molecule has 4 aromatic rings. The van der Waals surface area contributed by atoms with E-state index >= 15 is 0 Å². The molecular weight excluding hydrogens is 675 g/mol. The lowest BCUT2D eigenvalue weighted by atomic mass is 9.57. The van der Waals surface area contributed by atoms with Crippen molar-refractivity contribution in [3.8, 4) is 17.1 Å². The second kappa shape index (κ2) is 11.8. The minimum absolute atomic E-state index is 0.0430. The number of nitrogens with one attached hydrogen (secondary N) is 1. The number of alkyl halides is 3. The molecule has 2 bridgehead atoms. The highest BCUT2D eigenvalue weighted by molar-refractivity contribution is 9.10. The highest BCUT2D eigenvalue weighted by atomic mass is 79.9. The Morgan fingerprint density at radius 3 is 2.32 bits per heavy atom. The summed E-state index contributed by atoms with van der Waals surface area (Å²) in [7, 11) is 0. The summed E-state index contributed by atoms with van der Waals surface area (Å²) in [6, 6.07) is 18.0. The standard InChI is InChI=1S/C36H33BrF3N3O4/c1-21-28(25-19-23(37)12-13-27(25)42-29(21)22-9-6-5-7-10-22)30(44)43-35-16-14-34(15-17-35,32(45)47-33(2,3)4)20-26(35)24-11-8-18-41-31(24)46-36(38,39)40/h5-13,18-20H,14-17H2,1-4H3,(H,43,44). The number of hydrogen-bond donors (Lipinski definition) is 1. The molecule has 1 N–H and O–H groups in total. The van der Waals surface area contributed by atoms with Crippen LogP contribution in [0.4, 0.5) is 13.2 Å². The molecule has 2 aromatic heterocycles. The summed E-state index contributed by atoms with van der Waals surface area (Å²) in [4.78, 5) is 37.0. The number of ether oxygens (including phenoxy) is 2. The normalized spacial score (nSPS) is 20.9. The van der Waals surface area contributed by atoms with Gasteiger partial charge < -0.3 is 14.8 Å². The van der Waals surface area contributed by atoms with Gasteiger partial charge in [0, 0.05) is 27.2 Å². The van der Waals surface area contributed by atoms with Crippen LogP contribution in [0.1, 0.15) is 67.9 Å². The van der Waals surface area contributed by atoms with Crippen molar-refractivity contribution in [1.82, 2.24) is 15.3 Å². The lowest BCUT2D eigenvalue weighted by Crippen LogP contribution is -2.58. The maximum atomic E-state index is 14.6. The highest BCUT2D eigenvalue weighted by Gasteiger charge is 2.55. The van der Waals surface area contributed by atoms with Gasteiger partial charge in [-0.1, -0.05) is 52.3 Å². The van der Waals surface area contributed by atoms with Crippen molar-refractivity contribution in [2.45, 2.75) is 70.9 Å². The second-order valence-electron chi connectivity index (χ2n) is 13.1. The fourth-order valence-corrected chi connectivity index (χ4v) is 7.05. The van der Waals surface area contributed by atoms with Crippen molar-refractivity contribution in [3.05, 3.63) is 94.1 Å². The first-order chi connectivity index (χ1) is 22.1. The van der Waals surface area contributed by atoms with E-state index in [1.165, 1.54) is 18.3 Å². The molecule has 2 heterocycles. The molecule has 3 aliphatic carbocycles. The van der Waals surface area contributed by atoms with Crippen LogP contribution in [0.2, 0.25) is 0 Å². The molecule has 3 aliphatic rings. The quantitative estimate of drug-likeness (QED) is 0.202. The van der Waals surface area contributed by atoms with E-state index < -0.39 is 40.7 Å². The van der Waals surface area contributed by atoms with E-state index in [0.29, 0.717) is 46.1 Å². The number of nitrogens with zero attached hydrogens (tertiary/aromatic N) is 2. The summed E-state index contributed by atoms with van der Waals surface area (Å²) in [5, 5.41) is 3.86. The fourth-order valence-electron chi connectivity index (χ4n) is 6.69. The number of fused-ring (bicyclic) bond motifs is 3. The zero-order valence-corrected chi connectivity index (χ0v) is 27.9. The van der Waals surface area contributed by atoms with Gasteiger partial charge in [0.05, 0.1) is 27.7 Å². The van der Waals surface area contributed by atoms with Crippen molar-refractivity contribution in [2.24, 2.45) is 5.41 Å². The predicted octanol–water partition coefficient (Wildman–Crippen LogP) is 8.73. The monoisotopic (exact) mass is 707 g/mol. The second-order valence-corrected chi connectivity index (χ2v) is 14.1. The van der Waals surface area contributed by atoms with Gasteiger partial charge in [0.15, 0.2) is 0 Å². The van der Waals surface area contributed by atoms with E-state index in [1.54, 1.807) is 26.8 Å². The Morgan fingerprint density at radius 2 is 1.66 bits per heavy atom. The van der Waals surface area contributed by atoms with Gasteiger partial charge in [-0.15, -0.1) is 13.2 Å². The Morgan fingerprint density at radius 1 is 0.957 bits per heavy atom. The summed E-state index contributed by atoms with van der Waals surface area (Å²) in [6.07, 6.45) is -0.918. The molecule has 0 unspecified atom stereocenters. The number of hydrogen-bond acceptors (Lipinski definition) is 6. The molecule has 7 rings (SSSR count). The molecule has 0 aliphatic heterocycles. The first-order valence-corrected chi connectivity index (χ1v) is 16.0. The first-order valence-electron chi connectivity index (χ1n) is 15.3. The van der Waals surface area contributed by atoms with E-state index in [1.807, 2.05) is 55.5 Å². The van der Waals surface area contributed by atoms with Crippen LogP contribution < -0.4 is 10.1 Å². The van der Waals surface area contributed by atoms with Crippen LogP contribution in [0.15, 0.2) is 77.4 Å². The zero-order chi connectivity index (χ0) is 33.8. The van der Waals surface area contributed by atoms with Crippen molar-refractivity contribution in [2.75, 3.05) is 0 Å². The van der Waals surface area contributed by atoms with Gasteiger partial charge in [-0.05, 0) is 94.8 Å². The number of rotatable bonds is 6. The fraction of sp³-hybridized carbons (Fsp3) is 0.333. The number of benzene rings is 2. The first kappa shape index (κ1) is 32.7. The largest absolute Gasteiger partial charge is 0.574 e. The highest BCUT2D eigenvalue weighted by Crippen LogP contribution is 2.56. The lowest BCUT2D eigenvalue weighted by molar-refractivity contribution is -0.276. The van der Waals surface area contributed by atoms with Gasteiger partial charge >= 0.3 is 12.3 Å². The van der Waals surface area contributed by atoms with E-state index in [9.17, 15) is 22.8 Å². The average Bonchev–Trinajstić information content (AvgIpc) is 3.00. The molecule has 0 atom stereocenters. The van der Waals surface area contributed by atoms with Crippen molar-refractivity contribution in [1.29, 1.82) is 0 Å². The minimum atomic E-state index is -5.01. The van der Waals surface area contributed by atoms with E-state index in [-0.39, 0.29) is 18.4 Å². The number of esters is 1. The third-order valence-corrected chi connectivity index (χ3v) is 9.32.